The summed E-state index contributed by atoms with van der Waals surface area (Å²) in [5.74, 6) is 4.00. The van der Waals surface area contributed by atoms with Crippen molar-refractivity contribution >= 4 is 22.0 Å². The first-order valence-electron chi connectivity index (χ1n) is 13.6. The number of likely N-dealkylation sites (tertiary alicyclic amines) is 1. The molecule has 1 N–H and O–H groups in total. The highest BCUT2D eigenvalue weighted by Crippen LogP contribution is 2.59. The highest BCUT2D eigenvalue weighted by molar-refractivity contribution is 9.10. The summed E-state index contributed by atoms with van der Waals surface area (Å²) in [6.07, 6.45) is 11.5. The summed E-state index contributed by atoms with van der Waals surface area (Å²) >= 11 is 3.93. The summed E-state index contributed by atoms with van der Waals surface area (Å²) < 4.78 is 1.28. The average molecular weight is 514 g/mol. The van der Waals surface area contributed by atoms with Crippen LogP contribution in [0.25, 0.3) is 0 Å². The van der Waals surface area contributed by atoms with Gasteiger partial charge in [-0.25, -0.2) is 4.79 Å². The van der Waals surface area contributed by atoms with Gasteiger partial charge in [-0.15, -0.1) is 0 Å². The number of piperidine rings is 1. The lowest BCUT2D eigenvalue weighted by atomic mass is 9.54. The molecule has 1 aliphatic heterocycles. The lowest BCUT2D eigenvalue weighted by molar-refractivity contribution is -0.0115. The Kier molecular flexibility index (Phi) is 5.44. The van der Waals surface area contributed by atoms with Gasteiger partial charge in [-0.3, -0.25) is 0 Å². The lowest BCUT2D eigenvalue weighted by Crippen LogP contribution is -2.59. The number of fused-ring (bicyclic) bond motifs is 2. The van der Waals surface area contributed by atoms with E-state index in [1.807, 2.05) is 0 Å². The van der Waals surface area contributed by atoms with Crippen LogP contribution in [0.3, 0.4) is 0 Å². The van der Waals surface area contributed by atoms with Crippen molar-refractivity contribution in [3.8, 4) is 0 Å². The molecule has 6 aliphatic rings. The van der Waals surface area contributed by atoms with Gasteiger partial charge in [-0.2, -0.15) is 0 Å². The second-order valence-corrected chi connectivity index (χ2v) is 13.8. The van der Waals surface area contributed by atoms with Gasteiger partial charge < -0.3 is 10.2 Å². The number of nitrogens with zero attached hydrogens (tertiary/aromatic N) is 1. The van der Waals surface area contributed by atoms with Crippen molar-refractivity contribution < 1.29 is 4.79 Å². The topological polar surface area (TPSA) is 32.3 Å². The zero-order valence-corrected chi connectivity index (χ0v) is 22.3. The average Bonchev–Trinajstić information content (AvgIpc) is 3.12. The molecule has 1 saturated heterocycles. The number of hydrogen-bond acceptors (Lipinski definition) is 1. The molecule has 1 aromatic rings. The van der Waals surface area contributed by atoms with E-state index in [2.05, 4.69) is 65.1 Å². The fraction of sp³-hybridized carbons (Fsp3) is 0.759. The van der Waals surface area contributed by atoms with Crippen molar-refractivity contribution in [2.45, 2.75) is 95.9 Å². The summed E-state index contributed by atoms with van der Waals surface area (Å²) in [7, 11) is 0. The molecule has 1 spiro atoms. The highest BCUT2D eigenvalue weighted by atomic mass is 79.9. The van der Waals surface area contributed by atoms with Gasteiger partial charge in [0.05, 0.1) is 0 Å². The van der Waals surface area contributed by atoms with Crippen LogP contribution in [0.15, 0.2) is 22.7 Å². The number of halogens is 1. The molecule has 0 aromatic heterocycles. The summed E-state index contributed by atoms with van der Waals surface area (Å²) in [6, 6.07) is 7.49. The van der Waals surface area contributed by atoms with Crippen molar-refractivity contribution in [3.63, 3.8) is 0 Å². The van der Waals surface area contributed by atoms with Crippen LogP contribution >= 0.6 is 15.9 Å². The number of urea groups is 1. The minimum absolute atomic E-state index is 0.214. The molecule has 4 heteroatoms. The van der Waals surface area contributed by atoms with Crippen LogP contribution in [0.4, 0.5) is 4.79 Å². The fourth-order valence-electron chi connectivity index (χ4n) is 8.92. The SMILES string of the molecule is CCC(C)(C)C1CC2(CCN(C(=O)NC3C4CC5CC(C4)CC3C5)CC2)c2c(Br)cccc21. The molecule has 5 aliphatic carbocycles. The van der Waals surface area contributed by atoms with Gasteiger partial charge in [-0.1, -0.05) is 55.3 Å². The molecule has 4 bridgehead atoms. The van der Waals surface area contributed by atoms with E-state index < -0.39 is 0 Å². The molecular weight excluding hydrogens is 472 g/mol. The Labute approximate surface area is 208 Å². The molecule has 5 fully saturated rings. The number of nitrogens with one attached hydrogen (secondary N) is 1. The van der Waals surface area contributed by atoms with E-state index in [0.717, 1.165) is 49.6 Å². The van der Waals surface area contributed by atoms with Crippen molar-refractivity contribution in [2.75, 3.05) is 13.1 Å². The number of carbonyl (C=O) groups excluding carboxylic acids is 1. The fourth-order valence-corrected chi connectivity index (χ4v) is 9.73. The number of benzene rings is 1. The van der Waals surface area contributed by atoms with E-state index in [9.17, 15) is 4.79 Å². The van der Waals surface area contributed by atoms with E-state index in [4.69, 9.17) is 0 Å². The van der Waals surface area contributed by atoms with Crippen LogP contribution in [-0.2, 0) is 5.41 Å². The Bertz CT molecular complexity index is 904. The second-order valence-electron chi connectivity index (χ2n) is 13.0. The normalized spacial score (nSPS) is 36.3. The number of hydrogen-bond donors (Lipinski definition) is 1. The van der Waals surface area contributed by atoms with Crippen LogP contribution in [-0.4, -0.2) is 30.1 Å². The zero-order valence-electron chi connectivity index (χ0n) is 20.7. The Balaban J connectivity index is 1.16. The van der Waals surface area contributed by atoms with E-state index in [1.165, 1.54) is 49.4 Å². The summed E-state index contributed by atoms with van der Waals surface area (Å²) in [5, 5.41) is 3.56. The third-order valence-corrected chi connectivity index (χ3v) is 11.6. The number of rotatable bonds is 3. The minimum atomic E-state index is 0.214. The van der Waals surface area contributed by atoms with Crippen molar-refractivity contribution in [1.82, 2.24) is 10.2 Å². The Morgan fingerprint density at radius 2 is 1.73 bits per heavy atom. The minimum Gasteiger partial charge on any atom is -0.335 e. The highest BCUT2D eigenvalue weighted by Gasteiger charge is 2.52. The molecule has 1 atom stereocenters. The van der Waals surface area contributed by atoms with Gasteiger partial charge in [0.1, 0.15) is 0 Å². The first-order valence-corrected chi connectivity index (χ1v) is 14.4. The number of amides is 2. The molecule has 180 valence electrons. The first kappa shape index (κ1) is 22.4. The molecule has 3 nitrogen and oxygen atoms in total. The Hall–Kier alpha value is -1.03. The van der Waals surface area contributed by atoms with E-state index in [0.29, 0.717) is 17.4 Å². The maximum Gasteiger partial charge on any atom is 0.317 e. The van der Waals surface area contributed by atoms with Gasteiger partial charge in [0.25, 0.3) is 0 Å². The zero-order chi connectivity index (χ0) is 23.0. The predicted molar refractivity (Wildman–Crippen MR) is 137 cm³/mol. The van der Waals surface area contributed by atoms with Gasteiger partial charge in [-0.05, 0) is 104 Å². The van der Waals surface area contributed by atoms with E-state index in [1.54, 1.807) is 11.1 Å². The van der Waals surface area contributed by atoms with Gasteiger partial charge in [0, 0.05) is 29.0 Å². The van der Waals surface area contributed by atoms with Crippen LogP contribution in [0.5, 0.6) is 0 Å². The van der Waals surface area contributed by atoms with Crippen LogP contribution in [0.2, 0.25) is 0 Å². The molecule has 1 aromatic carbocycles. The molecule has 2 amide bonds. The van der Waals surface area contributed by atoms with Gasteiger partial charge in [0.15, 0.2) is 0 Å². The third-order valence-electron chi connectivity index (χ3n) is 10.9. The Morgan fingerprint density at radius 1 is 1.09 bits per heavy atom. The largest absolute Gasteiger partial charge is 0.335 e. The van der Waals surface area contributed by atoms with Crippen LogP contribution in [0, 0.1) is 29.1 Å². The summed E-state index contributed by atoms with van der Waals surface area (Å²) in [4.78, 5) is 15.5. The second kappa shape index (κ2) is 8.00. The quantitative estimate of drug-likeness (QED) is 0.454. The monoisotopic (exact) mass is 512 g/mol. The number of carbonyl (C=O) groups is 1. The predicted octanol–water partition coefficient (Wildman–Crippen LogP) is 7.24. The van der Waals surface area contributed by atoms with Crippen molar-refractivity contribution in [2.24, 2.45) is 29.1 Å². The molecule has 4 saturated carbocycles. The van der Waals surface area contributed by atoms with E-state index >= 15 is 0 Å². The standard InChI is InChI=1S/C29H41BrN2O/c1-4-28(2,3)23-17-29(25-22(23)6-5-7-24(25)30)8-10-32(11-9-29)27(33)31-26-20-13-18-12-19(15-20)16-21(26)14-18/h5-7,18-21,23,26H,4,8-17H2,1-3H3,(H,31,33). The molecule has 0 radical (unpaired) electrons. The Morgan fingerprint density at radius 3 is 2.33 bits per heavy atom. The van der Waals surface area contributed by atoms with Crippen LogP contribution in [0.1, 0.15) is 95.6 Å². The molecule has 33 heavy (non-hydrogen) atoms. The van der Waals surface area contributed by atoms with Crippen molar-refractivity contribution in [1.29, 1.82) is 0 Å². The summed E-state index contributed by atoms with van der Waals surface area (Å²) in [5.41, 5.74) is 3.62. The maximum atomic E-state index is 13.4. The molecule has 1 unspecified atom stereocenters. The van der Waals surface area contributed by atoms with Crippen LogP contribution < -0.4 is 5.32 Å². The molecular formula is C29H41BrN2O. The maximum absolute atomic E-state index is 13.4. The molecule has 7 rings (SSSR count). The lowest BCUT2D eigenvalue weighted by Gasteiger charge is -2.54. The third kappa shape index (κ3) is 3.60. The van der Waals surface area contributed by atoms with Gasteiger partial charge >= 0.3 is 6.03 Å². The van der Waals surface area contributed by atoms with Gasteiger partial charge in [0.2, 0.25) is 0 Å². The smallest absolute Gasteiger partial charge is 0.317 e. The van der Waals surface area contributed by atoms with E-state index in [-0.39, 0.29) is 11.4 Å². The van der Waals surface area contributed by atoms with Crippen molar-refractivity contribution in [3.05, 3.63) is 33.8 Å². The summed E-state index contributed by atoms with van der Waals surface area (Å²) in [6.45, 7) is 8.99. The first-order chi connectivity index (χ1) is 15.8. The molecule has 1 heterocycles.